The first kappa shape index (κ1) is 7.94. The molecule has 0 aromatic heterocycles. The summed E-state index contributed by atoms with van der Waals surface area (Å²) in [6.07, 6.45) is 0.308. The Bertz CT molecular complexity index is 127. The van der Waals surface area contributed by atoms with E-state index in [0.717, 1.165) is 6.42 Å². The van der Waals surface area contributed by atoms with Crippen LogP contribution in [-0.4, -0.2) is 25.2 Å². The number of hydrogen-bond acceptors (Lipinski definition) is 4. The Kier molecular flexibility index (Phi) is 1.96. The van der Waals surface area contributed by atoms with E-state index in [1.54, 1.807) is 0 Å². The molecule has 0 aromatic rings. The summed E-state index contributed by atoms with van der Waals surface area (Å²) in [5.74, 6) is 0. The van der Waals surface area contributed by atoms with Crippen molar-refractivity contribution in [3.63, 3.8) is 0 Å². The summed E-state index contributed by atoms with van der Waals surface area (Å²) in [5.41, 5.74) is 10.8. The first-order chi connectivity index (χ1) is 4.56. The first-order valence-corrected chi connectivity index (χ1v) is 3.29. The van der Waals surface area contributed by atoms with E-state index in [1.807, 2.05) is 6.92 Å². The number of nitrogens with two attached hydrogens (primary N) is 2. The molecule has 60 valence electrons. The molecule has 4 N–H and O–H groups in total. The lowest BCUT2D eigenvalue weighted by Crippen LogP contribution is -2.32. The van der Waals surface area contributed by atoms with Gasteiger partial charge in [-0.15, -0.1) is 0 Å². The average Bonchev–Trinajstić information content (AvgIpc) is 2.40. The summed E-state index contributed by atoms with van der Waals surface area (Å²) in [7, 11) is 1.50. The van der Waals surface area contributed by atoms with Crippen molar-refractivity contribution in [2.24, 2.45) is 11.5 Å². The van der Waals surface area contributed by atoms with Gasteiger partial charge in [0.2, 0.25) is 6.41 Å². The predicted molar refractivity (Wildman–Crippen MR) is 37.1 cm³/mol. The number of hydrogen-bond donors (Lipinski definition) is 2. The van der Waals surface area contributed by atoms with Crippen LogP contribution in [0.2, 0.25) is 0 Å². The van der Waals surface area contributed by atoms with Gasteiger partial charge < -0.3 is 15.2 Å². The minimum atomic E-state index is -0.629. The highest BCUT2D eigenvalue weighted by atomic mass is 16.7. The van der Waals surface area contributed by atoms with Crippen molar-refractivity contribution < 1.29 is 9.47 Å². The number of ether oxygens (including phenoxy) is 2. The normalized spacial score (nSPS) is 41.4. The van der Waals surface area contributed by atoms with Crippen LogP contribution in [0, 0.1) is 0 Å². The van der Waals surface area contributed by atoms with E-state index in [2.05, 4.69) is 0 Å². The van der Waals surface area contributed by atoms with Crippen molar-refractivity contribution in [3.8, 4) is 0 Å². The molecule has 3 atom stereocenters. The van der Waals surface area contributed by atoms with Gasteiger partial charge in [-0.2, -0.15) is 0 Å². The van der Waals surface area contributed by atoms with Gasteiger partial charge in [0.1, 0.15) is 0 Å². The van der Waals surface area contributed by atoms with E-state index in [4.69, 9.17) is 20.9 Å². The highest BCUT2D eigenvalue weighted by molar-refractivity contribution is 5.06. The summed E-state index contributed by atoms with van der Waals surface area (Å²) in [5, 5.41) is 0. The Morgan fingerprint density at radius 2 is 2.20 bits per heavy atom. The van der Waals surface area contributed by atoms with Gasteiger partial charge in [-0.25, -0.2) is 0 Å². The summed E-state index contributed by atoms with van der Waals surface area (Å²) >= 11 is 0. The fourth-order valence-electron chi connectivity index (χ4n) is 0.762. The first-order valence-electron chi connectivity index (χ1n) is 3.29. The second-order valence-corrected chi connectivity index (χ2v) is 2.94. The molecule has 1 aliphatic carbocycles. The summed E-state index contributed by atoms with van der Waals surface area (Å²) in [6.45, 7) is 1.93. The number of rotatable bonds is 3. The summed E-state index contributed by atoms with van der Waals surface area (Å²) in [4.78, 5) is 0. The minimum absolute atomic E-state index is 0.0717. The van der Waals surface area contributed by atoms with Crippen LogP contribution in [0.25, 0.3) is 0 Å². The van der Waals surface area contributed by atoms with Crippen LogP contribution in [0.1, 0.15) is 13.3 Å². The van der Waals surface area contributed by atoms with Gasteiger partial charge in [-0.3, -0.25) is 5.73 Å². The highest BCUT2D eigenvalue weighted by Gasteiger charge is 2.48. The maximum Gasteiger partial charge on any atom is 0.213 e. The van der Waals surface area contributed by atoms with Crippen LogP contribution in [0.15, 0.2) is 0 Å². The van der Waals surface area contributed by atoms with Crippen LogP contribution < -0.4 is 11.5 Å². The zero-order valence-corrected chi connectivity index (χ0v) is 6.33. The largest absolute Gasteiger partial charge is 0.343 e. The lowest BCUT2D eigenvalue weighted by Gasteiger charge is -2.11. The maximum absolute atomic E-state index is 5.68. The second-order valence-electron chi connectivity index (χ2n) is 2.94. The van der Waals surface area contributed by atoms with Crippen LogP contribution in [0.4, 0.5) is 0 Å². The van der Waals surface area contributed by atoms with Crippen molar-refractivity contribution in [2.45, 2.75) is 31.4 Å². The van der Waals surface area contributed by atoms with Crippen LogP contribution >= 0.6 is 0 Å². The molecule has 1 rings (SSSR count). The Morgan fingerprint density at radius 3 is 2.50 bits per heavy atom. The highest BCUT2D eigenvalue weighted by Crippen LogP contribution is 2.35. The molecule has 1 saturated carbocycles. The molecule has 0 heterocycles. The van der Waals surface area contributed by atoms with Crippen molar-refractivity contribution in [3.05, 3.63) is 0 Å². The Labute approximate surface area is 60.5 Å². The predicted octanol–water partition coefficient (Wildman–Crippen LogP) is -0.619. The molecular weight excluding hydrogens is 132 g/mol. The standard InChI is InChI=1S/C6H14N2O2/c1-6(8)3-4(6)10-5(7)9-2/h4-5H,3,7-8H2,1-2H3. The monoisotopic (exact) mass is 146 g/mol. The topological polar surface area (TPSA) is 70.5 Å². The van der Waals surface area contributed by atoms with Gasteiger partial charge in [0.15, 0.2) is 0 Å². The van der Waals surface area contributed by atoms with Crippen LogP contribution in [0.5, 0.6) is 0 Å². The second kappa shape index (κ2) is 2.47. The Morgan fingerprint density at radius 1 is 1.70 bits per heavy atom. The van der Waals surface area contributed by atoms with Gasteiger partial charge in [-0.05, 0) is 13.3 Å². The summed E-state index contributed by atoms with van der Waals surface area (Å²) in [6, 6.07) is 0. The van der Waals surface area contributed by atoms with E-state index in [-0.39, 0.29) is 11.6 Å². The molecule has 0 radical (unpaired) electrons. The molecule has 0 amide bonds. The number of methoxy groups -OCH3 is 1. The quantitative estimate of drug-likeness (QED) is 0.521. The third-order valence-electron chi connectivity index (χ3n) is 1.73. The van der Waals surface area contributed by atoms with Crippen molar-refractivity contribution in [2.75, 3.05) is 7.11 Å². The SMILES string of the molecule is COC(N)OC1CC1(C)N. The lowest BCUT2D eigenvalue weighted by atomic mass is 10.3. The summed E-state index contributed by atoms with van der Waals surface area (Å²) < 4.78 is 9.85. The molecule has 3 unspecified atom stereocenters. The molecular formula is C6H14N2O2. The third-order valence-corrected chi connectivity index (χ3v) is 1.73. The molecule has 0 bridgehead atoms. The van der Waals surface area contributed by atoms with Gasteiger partial charge in [0, 0.05) is 12.6 Å². The van der Waals surface area contributed by atoms with E-state index < -0.39 is 6.41 Å². The molecule has 1 fully saturated rings. The molecule has 4 heteroatoms. The van der Waals surface area contributed by atoms with Gasteiger partial charge in [-0.1, -0.05) is 0 Å². The zero-order valence-electron chi connectivity index (χ0n) is 6.33. The Hall–Kier alpha value is -0.160. The molecule has 0 aromatic carbocycles. The van der Waals surface area contributed by atoms with Crippen molar-refractivity contribution in [1.29, 1.82) is 0 Å². The van der Waals surface area contributed by atoms with Crippen LogP contribution in [-0.2, 0) is 9.47 Å². The van der Waals surface area contributed by atoms with E-state index >= 15 is 0 Å². The van der Waals surface area contributed by atoms with Crippen LogP contribution in [0.3, 0.4) is 0 Å². The molecule has 10 heavy (non-hydrogen) atoms. The van der Waals surface area contributed by atoms with Gasteiger partial charge in [0.05, 0.1) is 6.10 Å². The fraction of sp³-hybridized carbons (Fsp3) is 1.00. The van der Waals surface area contributed by atoms with E-state index in [9.17, 15) is 0 Å². The fourth-order valence-corrected chi connectivity index (χ4v) is 0.762. The van der Waals surface area contributed by atoms with Gasteiger partial charge >= 0.3 is 0 Å². The maximum atomic E-state index is 5.68. The molecule has 0 saturated heterocycles. The van der Waals surface area contributed by atoms with Gasteiger partial charge in [0.25, 0.3) is 0 Å². The Balaban J connectivity index is 2.17. The molecule has 0 spiro atoms. The van der Waals surface area contributed by atoms with Crippen molar-refractivity contribution in [1.82, 2.24) is 0 Å². The lowest BCUT2D eigenvalue weighted by molar-refractivity contribution is -0.130. The third kappa shape index (κ3) is 1.67. The molecule has 4 nitrogen and oxygen atoms in total. The minimum Gasteiger partial charge on any atom is -0.343 e. The zero-order chi connectivity index (χ0) is 7.78. The molecule has 0 aliphatic heterocycles. The van der Waals surface area contributed by atoms with E-state index in [0.29, 0.717) is 0 Å². The van der Waals surface area contributed by atoms with Crippen molar-refractivity contribution >= 4 is 0 Å². The molecule has 1 aliphatic rings. The smallest absolute Gasteiger partial charge is 0.213 e. The van der Waals surface area contributed by atoms with E-state index in [1.165, 1.54) is 7.11 Å². The average molecular weight is 146 g/mol.